The number of sulfonamides is 1. The molecule has 2 rings (SSSR count). The number of para-hydroxylation sites is 1. The largest absolute Gasteiger partial charge is 0.493 e. The summed E-state index contributed by atoms with van der Waals surface area (Å²) < 4.78 is 36.8. The molecule has 1 saturated carbocycles. The first-order valence-corrected chi connectivity index (χ1v) is 12.2. The summed E-state index contributed by atoms with van der Waals surface area (Å²) in [5.41, 5.74) is 1.01. The molecule has 0 unspecified atom stereocenters. The monoisotopic (exact) mass is 568 g/mol. The molecule has 2 N–H and O–H groups in total. The summed E-state index contributed by atoms with van der Waals surface area (Å²) in [5, 5.41) is 6.53. The van der Waals surface area contributed by atoms with Gasteiger partial charge < -0.3 is 20.1 Å². The normalized spacial score (nSPS) is 14.9. The minimum absolute atomic E-state index is 0. The van der Waals surface area contributed by atoms with Crippen LogP contribution in [-0.2, 0) is 16.6 Å². The second-order valence-electron chi connectivity index (χ2n) is 7.40. The van der Waals surface area contributed by atoms with Crippen LogP contribution in [-0.4, -0.2) is 64.8 Å². The molecule has 0 amide bonds. The molecule has 8 nitrogen and oxygen atoms in total. The van der Waals surface area contributed by atoms with Crippen molar-refractivity contribution in [2.24, 2.45) is 4.99 Å². The summed E-state index contributed by atoms with van der Waals surface area (Å²) in [5.74, 6) is 2.31. The third kappa shape index (κ3) is 8.64. The number of rotatable bonds is 11. The molecule has 0 atom stereocenters. The van der Waals surface area contributed by atoms with Crippen LogP contribution >= 0.6 is 24.0 Å². The van der Waals surface area contributed by atoms with Crippen LogP contribution in [0.3, 0.4) is 0 Å². The zero-order valence-corrected chi connectivity index (χ0v) is 22.2. The molecule has 31 heavy (non-hydrogen) atoms. The zero-order chi connectivity index (χ0) is 22.0. The Morgan fingerprint density at radius 3 is 2.58 bits per heavy atom. The van der Waals surface area contributed by atoms with Crippen LogP contribution in [0.1, 0.15) is 44.6 Å². The van der Waals surface area contributed by atoms with E-state index in [2.05, 4.69) is 15.6 Å². The number of ether oxygens (including phenoxy) is 2. The molecule has 0 radical (unpaired) electrons. The lowest BCUT2D eigenvalue weighted by Crippen LogP contribution is -2.38. The van der Waals surface area contributed by atoms with Crippen LogP contribution in [0.5, 0.6) is 11.5 Å². The van der Waals surface area contributed by atoms with Gasteiger partial charge in [0, 0.05) is 39.3 Å². The SMILES string of the molecule is CCS(=O)(=O)N(C)CCCNC(=NC)NCc1cccc(OC)c1OC1CCCC1.I. The smallest absolute Gasteiger partial charge is 0.213 e. The van der Waals surface area contributed by atoms with E-state index in [9.17, 15) is 8.42 Å². The fraction of sp³-hybridized carbons (Fsp3) is 0.667. The van der Waals surface area contributed by atoms with Crippen molar-refractivity contribution < 1.29 is 17.9 Å². The van der Waals surface area contributed by atoms with Gasteiger partial charge in [0.15, 0.2) is 17.5 Å². The van der Waals surface area contributed by atoms with Gasteiger partial charge in [-0.15, -0.1) is 24.0 Å². The van der Waals surface area contributed by atoms with Crippen molar-refractivity contribution in [3.8, 4) is 11.5 Å². The standard InChI is InChI=1S/C21H36N4O4S.HI/c1-5-30(26,27)25(3)15-9-14-23-21(22-2)24-16-17-10-8-13-19(28-4)20(17)29-18-11-6-7-12-18;/h8,10,13,18H,5-7,9,11-12,14-16H2,1-4H3,(H2,22,23,24);1H. The number of hydrogen-bond donors (Lipinski definition) is 2. The molecule has 1 aliphatic rings. The molecule has 1 aromatic carbocycles. The first-order valence-electron chi connectivity index (χ1n) is 10.6. The Morgan fingerprint density at radius 1 is 1.26 bits per heavy atom. The lowest BCUT2D eigenvalue weighted by atomic mass is 10.1. The molecule has 0 aromatic heterocycles. The molecule has 0 heterocycles. The van der Waals surface area contributed by atoms with Crippen LogP contribution in [0.15, 0.2) is 23.2 Å². The summed E-state index contributed by atoms with van der Waals surface area (Å²) in [7, 11) is 1.84. The first-order chi connectivity index (χ1) is 14.4. The third-order valence-electron chi connectivity index (χ3n) is 5.32. The van der Waals surface area contributed by atoms with Crippen molar-refractivity contribution in [1.29, 1.82) is 0 Å². The van der Waals surface area contributed by atoms with Crippen molar-refractivity contribution in [3.63, 3.8) is 0 Å². The third-order valence-corrected chi connectivity index (χ3v) is 7.18. The Morgan fingerprint density at radius 2 is 1.97 bits per heavy atom. The van der Waals surface area contributed by atoms with Crippen molar-refractivity contribution in [3.05, 3.63) is 23.8 Å². The zero-order valence-electron chi connectivity index (χ0n) is 19.0. The van der Waals surface area contributed by atoms with Gasteiger partial charge in [-0.25, -0.2) is 12.7 Å². The number of nitrogens with zero attached hydrogens (tertiary/aromatic N) is 2. The molecule has 1 aromatic rings. The topological polar surface area (TPSA) is 92.3 Å². The molecule has 0 spiro atoms. The van der Waals surface area contributed by atoms with Crippen molar-refractivity contribution in [1.82, 2.24) is 14.9 Å². The average Bonchev–Trinajstić information content (AvgIpc) is 3.26. The van der Waals surface area contributed by atoms with Gasteiger partial charge in [0.05, 0.1) is 19.0 Å². The van der Waals surface area contributed by atoms with Crippen LogP contribution in [0, 0.1) is 0 Å². The van der Waals surface area contributed by atoms with E-state index in [-0.39, 0.29) is 35.8 Å². The van der Waals surface area contributed by atoms with E-state index in [0.717, 1.165) is 29.9 Å². The van der Waals surface area contributed by atoms with Gasteiger partial charge in [-0.05, 0) is 45.1 Å². The highest BCUT2D eigenvalue weighted by Crippen LogP contribution is 2.34. The molecule has 0 aliphatic heterocycles. The molecule has 0 saturated heterocycles. The number of hydrogen-bond acceptors (Lipinski definition) is 5. The Kier molecular flexibility index (Phi) is 12.5. The van der Waals surface area contributed by atoms with Crippen LogP contribution < -0.4 is 20.1 Å². The molecule has 0 bridgehead atoms. The number of halogens is 1. The fourth-order valence-electron chi connectivity index (χ4n) is 3.44. The van der Waals surface area contributed by atoms with Gasteiger partial charge in [-0.2, -0.15) is 0 Å². The molecular weight excluding hydrogens is 531 g/mol. The van der Waals surface area contributed by atoms with E-state index < -0.39 is 10.0 Å². The minimum atomic E-state index is -3.14. The summed E-state index contributed by atoms with van der Waals surface area (Å²) in [6, 6.07) is 5.90. The Labute approximate surface area is 204 Å². The highest BCUT2D eigenvalue weighted by molar-refractivity contribution is 14.0. The number of aliphatic imine (C=N–C) groups is 1. The summed E-state index contributed by atoms with van der Waals surface area (Å²) >= 11 is 0. The second-order valence-corrected chi connectivity index (χ2v) is 9.77. The maximum absolute atomic E-state index is 11.8. The van der Waals surface area contributed by atoms with Crippen LogP contribution in [0.4, 0.5) is 0 Å². The predicted molar refractivity (Wildman–Crippen MR) is 136 cm³/mol. The van der Waals surface area contributed by atoms with Gasteiger partial charge in [0.2, 0.25) is 10.0 Å². The lowest BCUT2D eigenvalue weighted by Gasteiger charge is -2.20. The summed E-state index contributed by atoms with van der Waals surface area (Å²) in [6.07, 6.45) is 5.50. The first kappa shape index (κ1) is 27.8. The quantitative estimate of drug-likeness (QED) is 0.185. The lowest BCUT2D eigenvalue weighted by molar-refractivity contribution is 0.198. The van der Waals surface area contributed by atoms with Gasteiger partial charge in [0.25, 0.3) is 0 Å². The number of benzene rings is 1. The molecule has 1 aliphatic carbocycles. The predicted octanol–water partition coefficient (Wildman–Crippen LogP) is 2.97. The van der Waals surface area contributed by atoms with E-state index in [0.29, 0.717) is 32.0 Å². The van der Waals surface area contributed by atoms with E-state index in [1.165, 1.54) is 17.1 Å². The van der Waals surface area contributed by atoms with Crippen molar-refractivity contribution in [2.45, 2.75) is 51.7 Å². The molecule has 10 heteroatoms. The van der Waals surface area contributed by atoms with Crippen LogP contribution in [0.25, 0.3) is 0 Å². The maximum atomic E-state index is 11.8. The van der Waals surface area contributed by atoms with Gasteiger partial charge >= 0.3 is 0 Å². The minimum Gasteiger partial charge on any atom is -0.493 e. The summed E-state index contributed by atoms with van der Waals surface area (Å²) in [4.78, 5) is 4.25. The summed E-state index contributed by atoms with van der Waals surface area (Å²) in [6.45, 7) is 3.28. The molecular formula is C21H37IN4O4S. The van der Waals surface area contributed by atoms with Crippen molar-refractivity contribution in [2.75, 3.05) is 40.0 Å². The Balaban J connectivity index is 0.00000480. The maximum Gasteiger partial charge on any atom is 0.213 e. The Bertz CT molecular complexity index is 799. The van der Waals surface area contributed by atoms with E-state index in [4.69, 9.17) is 9.47 Å². The van der Waals surface area contributed by atoms with Gasteiger partial charge in [-0.1, -0.05) is 12.1 Å². The van der Waals surface area contributed by atoms with Gasteiger partial charge in [-0.3, -0.25) is 4.99 Å². The highest BCUT2D eigenvalue weighted by Gasteiger charge is 2.20. The van der Waals surface area contributed by atoms with E-state index in [1.807, 2.05) is 18.2 Å². The Hall–Kier alpha value is -1.27. The second kappa shape index (κ2) is 14.0. The van der Waals surface area contributed by atoms with E-state index in [1.54, 1.807) is 28.1 Å². The average molecular weight is 569 g/mol. The van der Waals surface area contributed by atoms with Crippen molar-refractivity contribution >= 4 is 40.0 Å². The number of nitrogens with one attached hydrogen (secondary N) is 2. The molecule has 1 fully saturated rings. The molecule has 178 valence electrons. The van der Waals surface area contributed by atoms with E-state index >= 15 is 0 Å². The van der Waals surface area contributed by atoms with Gasteiger partial charge in [0.1, 0.15) is 0 Å². The number of methoxy groups -OCH3 is 1. The number of guanidine groups is 1. The fourth-order valence-corrected chi connectivity index (χ4v) is 4.28. The highest BCUT2D eigenvalue weighted by atomic mass is 127. The van der Waals surface area contributed by atoms with Crippen LogP contribution in [0.2, 0.25) is 0 Å².